The first-order chi connectivity index (χ1) is 14.0. The molecule has 1 aliphatic heterocycles. The second-order valence-corrected chi connectivity index (χ2v) is 8.24. The summed E-state index contributed by atoms with van der Waals surface area (Å²) in [6.45, 7) is 6.91. The monoisotopic (exact) mass is 391 g/mol. The molecule has 0 bridgehead atoms. The number of para-hydroxylation sites is 1. The van der Waals surface area contributed by atoms with E-state index in [9.17, 15) is 4.79 Å². The van der Waals surface area contributed by atoms with Gasteiger partial charge >= 0.3 is 6.03 Å². The lowest BCUT2D eigenvalue weighted by Crippen LogP contribution is -2.45. The van der Waals surface area contributed by atoms with E-state index in [0.717, 1.165) is 46.6 Å². The molecule has 152 valence electrons. The number of imidazole rings is 1. The lowest BCUT2D eigenvalue weighted by molar-refractivity contribution is 0.209. The van der Waals surface area contributed by atoms with Crippen molar-refractivity contribution in [3.63, 3.8) is 0 Å². The number of fused-ring (bicyclic) bond motifs is 2. The number of anilines is 1. The largest absolute Gasteiger partial charge is 0.326 e. The fourth-order valence-corrected chi connectivity index (χ4v) is 3.94. The van der Waals surface area contributed by atoms with Crippen LogP contribution >= 0.6 is 0 Å². The van der Waals surface area contributed by atoms with Crippen LogP contribution < -0.4 is 10.6 Å². The summed E-state index contributed by atoms with van der Waals surface area (Å²) in [5.74, 6) is 1.50. The van der Waals surface area contributed by atoms with Crippen LogP contribution in [0.4, 0.5) is 10.5 Å². The zero-order chi connectivity index (χ0) is 20.5. The zero-order valence-corrected chi connectivity index (χ0v) is 17.4. The van der Waals surface area contributed by atoms with Gasteiger partial charge in [0.05, 0.1) is 23.3 Å². The molecular formula is C23H29N5O. The maximum absolute atomic E-state index is 13.0. The Labute approximate surface area is 171 Å². The summed E-state index contributed by atoms with van der Waals surface area (Å²) in [5.41, 5.74) is 11.1. The molecule has 29 heavy (non-hydrogen) atoms. The van der Waals surface area contributed by atoms with Crippen molar-refractivity contribution in [1.29, 1.82) is 0 Å². The molecule has 3 aromatic rings. The van der Waals surface area contributed by atoms with Crippen LogP contribution in [-0.2, 0) is 26.2 Å². The average molecular weight is 392 g/mol. The van der Waals surface area contributed by atoms with Gasteiger partial charge in [0, 0.05) is 26.7 Å². The van der Waals surface area contributed by atoms with E-state index in [1.807, 2.05) is 30.1 Å². The van der Waals surface area contributed by atoms with E-state index in [-0.39, 0.29) is 6.03 Å². The smallest absolute Gasteiger partial charge is 0.324 e. The first-order valence-electron chi connectivity index (χ1n) is 10.3. The van der Waals surface area contributed by atoms with Crippen molar-refractivity contribution < 1.29 is 4.79 Å². The fraction of sp³-hybridized carbons (Fsp3) is 0.391. The third-order valence-corrected chi connectivity index (χ3v) is 5.60. The Kier molecular flexibility index (Phi) is 5.28. The van der Waals surface area contributed by atoms with Crippen molar-refractivity contribution in [3.8, 4) is 0 Å². The minimum Gasteiger partial charge on any atom is -0.326 e. The Morgan fingerprint density at radius 3 is 2.72 bits per heavy atom. The molecule has 2 N–H and O–H groups in total. The third kappa shape index (κ3) is 3.72. The topological polar surface area (TPSA) is 67.4 Å². The van der Waals surface area contributed by atoms with Crippen LogP contribution in [0.3, 0.4) is 0 Å². The van der Waals surface area contributed by atoms with Crippen LogP contribution in [0.2, 0.25) is 0 Å². The van der Waals surface area contributed by atoms with Gasteiger partial charge in [0.25, 0.3) is 0 Å². The molecule has 0 saturated heterocycles. The molecular weight excluding hydrogens is 362 g/mol. The van der Waals surface area contributed by atoms with E-state index in [1.54, 1.807) is 4.90 Å². The molecule has 1 aromatic heterocycles. The number of urea groups is 1. The van der Waals surface area contributed by atoms with Crippen LogP contribution in [0.5, 0.6) is 0 Å². The van der Waals surface area contributed by atoms with Crippen molar-refractivity contribution in [2.75, 3.05) is 11.9 Å². The van der Waals surface area contributed by atoms with Crippen LogP contribution in [0.25, 0.3) is 11.0 Å². The second kappa shape index (κ2) is 7.87. The van der Waals surface area contributed by atoms with Crippen molar-refractivity contribution in [1.82, 2.24) is 14.5 Å². The van der Waals surface area contributed by atoms with Gasteiger partial charge in [-0.25, -0.2) is 9.78 Å². The minimum absolute atomic E-state index is 0.00816. The molecule has 0 radical (unpaired) electrons. The van der Waals surface area contributed by atoms with Gasteiger partial charge in [0.2, 0.25) is 0 Å². The van der Waals surface area contributed by atoms with Crippen molar-refractivity contribution >= 4 is 22.8 Å². The highest BCUT2D eigenvalue weighted by Gasteiger charge is 2.29. The molecule has 0 aliphatic carbocycles. The standard InChI is InChI=1S/C23H29N5O/c1-16(2)10-11-27-21-9-8-17(13-24)12-19(21)25-22(27)15-28-20-7-5-4-6-18(20)14-26(3)23(28)29/h4-9,12,16H,10-11,13-15,24H2,1-3H3. The first-order valence-corrected chi connectivity index (χ1v) is 10.3. The lowest BCUT2D eigenvalue weighted by atomic mass is 10.1. The van der Waals surface area contributed by atoms with Crippen LogP contribution in [0.1, 0.15) is 37.2 Å². The summed E-state index contributed by atoms with van der Waals surface area (Å²) in [5, 5.41) is 0. The number of nitrogens with zero attached hydrogens (tertiary/aromatic N) is 4. The molecule has 6 heteroatoms. The molecule has 2 aromatic carbocycles. The van der Waals surface area contributed by atoms with Gasteiger partial charge in [0.1, 0.15) is 5.82 Å². The van der Waals surface area contributed by atoms with Gasteiger partial charge < -0.3 is 15.2 Å². The summed E-state index contributed by atoms with van der Waals surface area (Å²) in [4.78, 5) is 21.5. The number of aromatic nitrogens is 2. The molecule has 6 nitrogen and oxygen atoms in total. The molecule has 0 unspecified atom stereocenters. The van der Waals surface area contributed by atoms with Crippen molar-refractivity contribution in [3.05, 3.63) is 59.4 Å². The number of hydrogen-bond acceptors (Lipinski definition) is 3. The minimum atomic E-state index is 0.00816. The quantitative estimate of drug-likeness (QED) is 0.687. The first kappa shape index (κ1) is 19.5. The Balaban J connectivity index is 1.76. The van der Waals surface area contributed by atoms with E-state index in [4.69, 9.17) is 10.7 Å². The Bertz CT molecular complexity index is 1040. The Morgan fingerprint density at radius 1 is 1.17 bits per heavy atom. The molecule has 0 spiro atoms. The number of carbonyl (C=O) groups excluding carboxylic acids is 1. The molecule has 2 heterocycles. The number of amides is 2. The highest BCUT2D eigenvalue weighted by molar-refractivity contribution is 5.94. The normalized spacial score (nSPS) is 14.2. The van der Waals surface area contributed by atoms with Gasteiger partial charge in [-0.3, -0.25) is 4.90 Å². The van der Waals surface area contributed by atoms with E-state index in [0.29, 0.717) is 25.6 Å². The Morgan fingerprint density at radius 2 is 1.97 bits per heavy atom. The van der Waals surface area contributed by atoms with Crippen molar-refractivity contribution in [2.24, 2.45) is 11.7 Å². The Hall–Kier alpha value is -2.86. The van der Waals surface area contributed by atoms with Gasteiger partial charge in [0.15, 0.2) is 0 Å². The van der Waals surface area contributed by atoms with Crippen LogP contribution in [0.15, 0.2) is 42.5 Å². The third-order valence-electron chi connectivity index (χ3n) is 5.60. The number of nitrogens with two attached hydrogens (primary N) is 1. The van der Waals surface area contributed by atoms with Gasteiger partial charge in [-0.05, 0) is 41.7 Å². The molecule has 4 rings (SSSR count). The SMILES string of the molecule is CC(C)CCn1c(CN2C(=O)N(C)Cc3ccccc32)nc2cc(CN)ccc21. The summed E-state index contributed by atoms with van der Waals surface area (Å²) in [6, 6.07) is 14.3. The number of carbonyl (C=O) groups is 1. The molecule has 1 aliphatic rings. The maximum atomic E-state index is 13.0. The fourth-order valence-electron chi connectivity index (χ4n) is 3.94. The summed E-state index contributed by atoms with van der Waals surface area (Å²) in [6.07, 6.45) is 1.06. The second-order valence-electron chi connectivity index (χ2n) is 8.24. The predicted octanol–water partition coefficient (Wildman–Crippen LogP) is 4.11. The van der Waals surface area contributed by atoms with Crippen LogP contribution in [-0.4, -0.2) is 27.5 Å². The summed E-state index contributed by atoms with van der Waals surface area (Å²) < 4.78 is 2.26. The summed E-state index contributed by atoms with van der Waals surface area (Å²) >= 11 is 0. The predicted molar refractivity (Wildman–Crippen MR) is 117 cm³/mol. The van der Waals surface area contributed by atoms with Crippen molar-refractivity contribution in [2.45, 2.75) is 46.4 Å². The highest BCUT2D eigenvalue weighted by atomic mass is 16.2. The number of aryl methyl sites for hydroxylation is 1. The van der Waals surface area contributed by atoms with Gasteiger partial charge in [-0.15, -0.1) is 0 Å². The van der Waals surface area contributed by atoms with Gasteiger partial charge in [-0.1, -0.05) is 38.1 Å². The molecule has 0 saturated carbocycles. The molecule has 0 atom stereocenters. The van der Waals surface area contributed by atoms with E-state index < -0.39 is 0 Å². The van der Waals surface area contributed by atoms with E-state index >= 15 is 0 Å². The zero-order valence-electron chi connectivity index (χ0n) is 17.4. The lowest BCUT2D eigenvalue weighted by Gasteiger charge is -2.35. The van der Waals surface area contributed by atoms with Gasteiger partial charge in [-0.2, -0.15) is 0 Å². The average Bonchev–Trinajstić information content (AvgIpc) is 3.05. The molecule has 0 fully saturated rings. The number of hydrogen-bond donors (Lipinski definition) is 1. The van der Waals surface area contributed by atoms with Crippen LogP contribution in [0, 0.1) is 5.92 Å². The van der Waals surface area contributed by atoms with E-state index in [2.05, 4.69) is 42.7 Å². The van der Waals surface area contributed by atoms with E-state index in [1.165, 1.54) is 0 Å². The number of benzene rings is 2. The number of rotatable bonds is 6. The summed E-state index contributed by atoms with van der Waals surface area (Å²) in [7, 11) is 1.85. The highest BCUT2D eigenvalue weighted by Crippen LogP contribution is 2.30. The maximum Gasteiger partial charge on any atom is 0.324 e. The molecule has 2 amide bonds.